The topological polar surface area (TPSA) is 80.3 Å². The minimum atomic E-state index is -0.534. The zero-order chi connectivity index (χ0) is 30.3. The van der Waals surface area contributed by atoms with Crippen LogP contribution in [0.4, 0.5) is 0 Å². The Hall–Kier alpha value is -3.85. The maximum atomic E-state index is 12.6. The molecule has 0 bridgehead atoms. The molecular weight excluding hydrogens is 552 g/mol. The molecule has 2 aliphatic heterocycles. The van der Waals surface area contributed by atoms with E-state index in [1.807, 2.05) is 60.7 Å². The quantitative estimate of drug-likeness (QED) is 0.252. The second-order valence-corrected chi connectivity index (χ2v) is 11.6. The first-order valence-electron chi connectivity index (χ1n) is 15.4. The van der Waals surface area contributed by atoms with Gasteiger partial charge in [-0.25, -0.2) is 0 Å². The van der Waals surface area contributed by atoms with Crippen molar-refractivity contribution in [2.24, 2.45) is 5.92 Å². The van der Waals surface area contributed by atoms with Crippen LogP contribution in [0.1, 0.15) is 51.9 Å². The lowest BCUT2D eigenvalue weighted by Gasteiger charge is -2.43. The molecule has 228 valence electrons. The van der Waals surface area contributed by atoms with E-state index in [2.05, 4.69) is 59.6 Å². The van der Waals surface area contributed by atoms with Crippen LogP contribution in [0.3, 0.4) is 0 Å². The smallest absolute Gasteiger partial charge is 0.251 e. The Morgan fingerprint density at radius 2 is 1.55 bits per heavy atom. The van der Waals surface area contributed by atoms with Crippen LogP contribution in [0.15, 0.2) is 103 Å². The molecule has 4 atom stereocenters. The summed E-state index contributed by atoms with van der Waals surface area (Å²) in [7, 11) is 0. The number of hydrogen-bond acceptors (Lipinski definition) is 6. The molecule has 6 rings (SSSR count). The van der Waals surface area contributed by atoms with Crippen LogP contribution < -0.4 is 5.32 Å². The van der Waals surface area contributed by atoms with E-state index in [4.69, 9.17) is 14.2 Å². The Balaban J connectivity index is 1.22. The molecule has 44 heavy (non-hydrogen) atoms. The van der Waals surface area contributed by atoms with Crippen LogP contribution in [0, 0.1) is 5.92 Å². The molecule has 2 heterocycles. The summed E-state index contributed by atoms with van der Waals surface area (Å²) in [6.45, 7) is 6.73. The molecular formula is C37H40N2O5. The Kier molecular flexibility index (Phi) is 9.80. The second-order valence-electron chi connectivity index (χ2n) is 11.6. The van der Waals surface area contributed by atoms with Crippen molar-refractivity contribution in [3.05, 3.63) is 131 Å². The number of benzene rings is 4. The fourth-order valence-electron chi connectivity index (χ4n) is 5.97. The zero-order valence-corrected chi connectivity index (χ0v) is 25.1. The fourth-order valence-corrected chi connectivity index (χ4v) is 5.97. The van der Waals surface area contributed by atoms with E-state index in [1.165, 1.54) is 0 Å². The van der Waals surface area contributed by atoms with E-state index >= 15 is 0 Å². The third kappa shape index (κ3) is 7.26. The number of ether oxygens (including phenoxy) is 3. The molecule has 0 unspecified atom stereocenters. The van der Waals surface area contributed by atoms with E-state index < -0.39 is 6.29 Å². The second kappa shape index (κ2) is 14.3. The summed E-state index contributed by atoms with van der Waals surface area (Å²) in [5, 5.41) is 12.6. The molecule has 2 fully saturated rings. The number of morpholine rings is 1. The Morgan fingerprint density at radius 1 is 0.818 bits per heavy atom. The highest BCUT2D eigenvalue weighted by atomic mass is 16.7. The number of aliphatic hydroxyl groups is 1. The van der Waals surface area contributed by atoms with Crippen molar-refractivity contribution in [2.45, 2.75) is 38.6 Å². The van der Waals surface area contributed by atoms with Gasteiger partial charge in [-0.2, -0.15) is 0 Å². The number of rotatable bonds is 9. The summed E-state index contributed by atoms with van der Waals surface area (Å²) in [5.41, 5.74) is 6.70. The van der Waals surface area contributed by atoms with Crippen LogP contribution in [0.2, 0.25) is 0 Å². The predicted molar refractivity (Wildman–Crippen MR) is 170 cm³/mol. The first-order chi connectivity index (χ1) is 21.6. The van der Waals surface area contributed by atoms with Crippen molar-refractivity contribution in [1.29, 1.82) is 0 Å². The van der Waals surface area contributed by atoms with E-state index in [0.29, 0.717) is 12.1 Å². The monoisotopic (exact) mass is 592 g/mol. The maximum Gasteiger partial charge on any atom is 0.251 e. The average Bonchev–Trinajstić information content (AvgIpc) is 3.09. The first kappa shape index (κ1) is 30.2. The molecule has 0 saturated carbocycles. The van der Waals surface area contributed by atoms with Crippen LogP contribution in [-0.4, -0.2) is 54.9 Å². The molecule has 2 N–H and O–H groups in total. The Bertz CT molecular complexity index is 1520. The highest BCUT2D eigenvalue weighted by molar-refractivity contribution is 5.94. The summed E-state index contributed by atoms with van der Waals surface area (Å²) in [6.07, 6.45) is -0.727. The van der Waals surface area contributed by atoms with E-state index in [1.54, 1.807) is 0 Å². The van der Waals surface area contributed by atoms with Crippen molar-refractivity contribution in [3.63, 3.8) is 0 Å². The van der Waals surface area contributed by atoms with Gasteiger partial charge in [-0.1, -0.05) is 85.8 Å². The molecule has 1 amide bonds. The van der Waals surface area contributed by atoms with Gasteiger partial charge < -0.3 is 24.6 Å². The fraction of sp³-hybridized carbons (Fsp3) is 0.324. The molecule has 2 saturated heterocycles. The van der Waals surface area contributed by atoms with E-state index in [9.17, 15) is 9.90 Å². The molecule has 7 nitrogen and oxygen atoms in total. The minimum Gasteiger partial charge on any atom is -0.392 e. The highest BCUT2D eigenvalue weighted by Crippen LogP contribution is 2.42. The van der Waals surface area contributed by atoms with Crippen molar-refractivity contribution < 1.29 is 24.1 Å². The van der Waals surface area contributed by atoms with Crippen molar-refractivity contribution >= 4 is 5.91 Å². The Labute approximate surface area is 259 Å². The molecule has 4 aromatic carbocycles. The third-order valence-electron chi connectivity index (χ3n) is 8.57. The number of nitrogens with zero attached hydrogens (tertiary/aromatic N) is 1. The summed E-state index contributed by atoms with van der Waals surface area (Å²) in [4.78, 5) is 15.0. The van der Waals surface area contributed by atoms with Gasteiger partial charge in [0, 0.05) is 43.2 Å². The molecule has 7 heteroatoms. The lowest BCUT2D eigenvalue weighted by molar-refractivity contribution is -0.277. The van der Waals surface area contributed by atoms with Crippen molar-refractivity contribution in [1.82, 2.24) is 10.2 Å². The van der Waals surface area contributed by atoms with E-state index in [0.717, 1.165) is 66.2 Å². The van der Waals surface area contributed by atoms with Crippen molar-refractivity contribution in [3.8, 4) is 11.1 Å². The average molecular weight is 593 g/mol. The van der Waals surface area contributed by atoms with Crippen LogP contribution in [-0.2, 0) is 27.4 Å². The van der Waals surface area contributed by atoms with Gasteiger partial charge in [0.15, 0.2) is 6.29 Å². The number of hydrogen-bond donors (Lipinski definition) is 2. The van der Waals surface area contributed by atoms with Gasteiger partial charge in [-0.3, -0.25) is 9.69 Å². The van der Waals surface area contributed by atoms with Crippen LogP contribution in [0.5, 0.6) is 0 Å². The molecule has 0 spiro atoms. The molecule has 0 aromatic heterocycles. The summed E-state index contributed by atoms with van der Waals surface area (Å²) >= 11 is 0. The molecule has 4 aromatic rings. The number of carbonyl (C=O) groups excluding carboxylic acids is 1. The van der Waals surface area contributed by atoms with Crippen molar-refractivity contribution in [2.75, 3.05) is 32.8 Å². The van der Waals surface area contributed by atoms with Crippen LogP contribution >= 0.6 is 0 Å². The van der Waals surface area contributed by atoms with Gasteiger partial charge in [0.1, 0.15) is 0 Å². The minimum absolute atomic E-state index is 0.0140. The predicted octanol–water partition coefficient (Wildman–Crippen LogP) is 5.90. The maximum absolute atomic E-state index is 12.6. The zero-order valence-electron chi connectivity index (χ0n) is 25.1. The van der Waals surface area contributed by atoms with Gasteiger partial charge in [0.05, 0.1) is 32.0 Å². The summed E-state index contributed by atoms with van der Waals surface area (Å²) in [6, 6.07) is 33.9. The lowest BCUT2D eigenvalue weighted by atomic mass is 9.89. The SMILES string of the molecule is C[C@H]1[C@@H](CN2CCOCC2)O[C@@H](c2cccc(-c3cccc(CNC(=O)c4ccccc4)c3)c2)O[C@H]1c1ccc(CO)cc1. The standard InChI is InChI=1S/C37H40N2O5/c1-26-34(24-39-17-19-42-20-18-39)43-37(44-35(26)29-15-13-27(25-40)14-16-29)33-12-6-11-32(22-33)31-10-5-7-28(21-31)23-38-36(41)30-8-3-2-4-9-30/h2-16,21-22,26,34-35,37,40H,17-20,23-25H2,1H3,(H,38,41)/t26-,34+,35+,37+/m0/s1. The first-order valence-corrected chi connectivity index (χ1v) is 15.4. The third-order valence-corrected chi connectivity index (χ3v) is 8.57. The molecule has 0 radical (unpaired) electrons. The van der Waals surface area contributed by atoms with Gasteiger partial charge in [0.25, 0.3) is 5.91 Å². The van der Waals surface area contributed by atoms with E-state index in [-0.39, 0.29) is 30.6 Å². The van der Waals surface area contributed by atoms with Crippen LogP contribution in [0.25, 0.3) is 11.1 Å². The van der Waals surface area contributed by atoms with Gasteiger partial charge in [-0.05, 0) is 52.1 Å². The molecule has 0 aliphatic carbocycles. The largest absolute Gasteiger partial charge is 0.392 e. The van der Waals surface area contributed by atoms with Gasteiger partial charge in [0.2, 0.25) is 0 Å². The Morgan fingerprint density at radius 3 is 2.30 bits per heavy atom. The lowest BCUT2D eigenvalue weighted by Crippen LogP contribution is -2.47. The van der Waals surface area contributed by atoms with Gasteiger partial charge >= 0.3 is 0 Å². The number of aliphatic hydroxyl groups excluding tert-OH is 1. The number of nitrogens with one attached hydrogen (secondary N) is 1. The summed E-state index contributed by atoms with van der Waals surface area (Å²) < 4.78 is 19.0. The van der Waals surface area contributed by atoms with Gasteiger partial charge in [-0.15, -0.1) is 0 Å². The molecule has 2 aliphatic rings. The number of carbonyl (C=O) groups is 1. The summed E-state index contributed by atoms with van der Waals surface area (Å²) in [5.74, 6) is 0.0334. The number of amides is 1. The normalized spacial score (nSPS) is 22.4. The highest BCUT2D eigenvalue weighted by Gasteiger charge is 2.39.